The highest BCUT2D eigenvalue weighted by Gasteiger charge is 2.13. The lowest BCUT2D eigenvalue weighted by Crippen LogP contribution is -2.24. The third-order valence-electron chi connectivity index (χ3n) is 3.27. The van der Waals surface area contributed by atoms with E-state index in [0.717, 1.165) is 5.56 Å². The summed E-state index contributed by atoms with van der Waals surface area (Å²) in [6, 6.07) is 6.97. The minimum atomic E-state index is -0.371. The third kappa shape index (κ3) is 4.19. The Bertz CT molecular complexity index is 772. The molecule has 124 valence electrons. The van der Waals surface area contributed by atoms with E-state index < -0.39 is 0 Å². The highest BCUT2D eigenvalue weighted by Crippen LogP contribution is 2.25. The van der Waals surface area contributed by atoms with Crippen molar-refractivity contribution in [2.75, 3.05) is 19.0 Å². The molecule has 2 aromatic rings. The monoisotopic (exact) mass is 325 g/mol. The minimum absolute atomic E-state index is 0.282. The van der Waals surface area contributed by atoms with Crippen molar-refractivity contribution in [2.24, 2.45) is 0 Å². The molecule has 0 unspecified atom stereocenters. The second-order valence-electron chi connectivity index (χ2n) is 5.12. The Morgan fingerprint density at radius 3 is 2.58 bits per heavy atom. The predicted molar refractivity (Wildman–Crippen MR) is 92.5 cm³/mol. The van der Waals surface area contributed by atoms with Crippen LogP contribution in [0.5, 0.6) is 5.75 Å². The van der Waals surface area contributed by atoms with Crippen molar-refractivity contribution in [1.29, 1.82) is 0 Å². The lowest BCUT2D eigenvalue weighted by Gasteiger charge is -2.11. The number of anilines is 1. The fraction of sp³-hybridized carbons (Fsp3) is 0.167. The Labute approximate surface area is 140 Å². The van der Waals surface area contributed by atoms with E-state index in [1.807, 2.05) is 19.1 Å². The van der Waals surface area contributed by atoms with Gasteiger partial charge in [0.05, 0.1) is 23.9 Å². The molecular formula is C18H19N3O3. The SMILES string of the molecule is C=CCNC(=O)c1cncc(C(=O)Nc2cc(C)ccc2OC)c1. The second kappa shape index (κ2) is 7.92. The molecule has 0 radical (unpaired) electrons. The zero-order valence-corrected chi connectivity index (χ0v) is 13.6. The van der Waals surface area contributed by atoms with Crippen LogP contribution in [-0.4, -0.2) is 30.5 Å². The van der Waals surface area contributed by atoms with Gasteiger partial charge in [0.25, 0.3) is 11.8 Å². The topological polar surface area (TPSA) is 80.3 Å². The van der Waals surface area contributed by atoms with Gasteiger partial charge in [-0.05, 0) is 30.7 Å². The van der Waals surface area contributed by atoms with Crippen LogP contribution in [0.1, 0.15) is 26.3 Å². The van der Waals surface area contributed by atoms with Crippen LogP contribution < -0.4 is 15.4 Å². The van der Waals surface area contributed by atoms with E-state index in [0.29, 0.717) is 23.5 Å². The van der Waals surface area contributed by atoms with Gasteiger partial charge in [0.15, 0.2) is 0 Å². The molecule has 0 saturated heterocycles. The largest absolute Gasteiger partial charge is 0.495 e. The molecule has 1 aromatic heterocycles. The standard InChI is InChI=1S/C18H19N3O3/c1-4-7-20-17(22)13-9-14(11-19-10-13)18(23)21-15-8-12(2)5-6-16(15)24-3/h4-6,8-11H,1,7H2,2-3H3,(H,20,22)(H,21,23). The van der Waals surface area contributed by atoms with Crippen LogP contribution in [0.4, 0.5) is 5.69 Å². The summed E-state index contributed by atoms with van der Waals surface area (Å²) in [6.45, 7) is 5.80. The number of benzene rings is 1. The van der Waals surface area contributed by atoms with Crippen molar-refractivity contribution >= 4 is 17.5 Å². The summed E-state index contributed by atoms with van der Waals surface area (Å²) < 4.78 is 5.24. The molecule has 0 spiro atoms. The average Bonchev–Trinajstić information content (AvgIpc) is 2.60. The molecule has 2 amide bonds. The highest BCUT2D eigenvalue weighted by atomic mass is 16.5. The van der Waals surface area contributed by atoms with Crippen LogP contribution in [0.15, 0.2) is 49.3 Å². The van der Waals surface area contributed by atoms with E-state index >= 15 is 0 Å². The Hall–Kier alpha value is -3.15. The number of hydrogen-bond donors (Lipinski definition) is 2. The van der Waals surface area contributed by atoms with Gasteiger partial charge in [-0.25, -0.2) is 0 Å². The average molecular weight is 325 g/mol. The molecule has 6 heteroatoms. The number of hydrogen-bond acceptors (Lipinski definition) is 4. The van der Waals surface area contributed by atoms with Gasteiger partial charge < -0.3 is 15.4 Å². The smallest absolute Gasteiger partial charge is 0.257 e. The van der Waals surface area contributed by atoms with E-state index in [9.17, 15) is 9.59 Å². The van der Waals surface area contributed by atoms with Gasteiger partial charge >= 0.3 is 0 Å². The molecule has 24 heavy (non-hydrogen) atoms. The molecule has 0 fully saturated rings. The third-order valence-corrected chi connectivity index (χ3v) is 3.27. The zero-order valence-electron chi connectivity index (χ0n) is 13.6. The van der Waals surface area contributed by atoms with Gasteiger partial charge in [-0.3, -0.25) is 14.6 Å². The maximum absolute atomic E-state index is 12.4. The summed E-state index contributed by atoms with van der Waals surface area (Å²) in [5, 5.41) is 5.42. The quantitative estimate of drug-likeness (QED) is 0.800. The van der Waals surface area contributed by atoms with Gasteiger partial charge in [-0.1, -0.05) is 12.1 Å². The molecule has 0 aliphatic rings. The Morgan fingerprint density at radius 1 is 1.21 bits per heavy atom. The minimum Gasteiger partial charge on any atom is -0.495 e. The Kier molecular flexibility index (Phi) is 5.68. The molecule has 0 aliphatic carbocycles. The number of rotatable bonds is 6. The Balaban J connectivity index is 2.20. The lowest BCUT2D eigenvalue weighted by molar-refractivity contribution is 0.0957. The van der Waals surface area contributed by atoms with Gasteiger partial charge in [0.1, 0.15) is 5.75 Å². The first-order valence-electron chi connectivity index (χ1n) is 7.35. The number of nitrogens with zero attached hydrogens (tertiary/aromatic N) is 1. The van der Waals surface area contributed by atoms with Crippen molar-refractivity contribution in [3.63, 3.8) is 0 Å². The molecule has 0 aliphatic heterocycles. The number of aromatic nitrogens is 1. The van der Waals surface area contributed by atoms with Crippen LogP contribution in [0.25, 0.3) is 0 Å². The predicted octanol–water partition coefficient (Wildman–Crippen LogP) is 2.57. The van der Waals surface area contributed by atoms with E-state index in [4.69, 9.17) is 4.74 Å². The molecule has 6 nitrogen and oxygen atoms in total. The van der Waals surface area contributed by atoms with Crippen molar-refractivity contribution < 1.29 is 14.3 Å². The zero-order chi connectivity index (χ0) is 17.5. The molecule has 0 atom stereocenters. The number of nitrogens with one attached hydrogen (secondary N) is 2. The van der Waals surface area contributed by atoms with Crippen molar-refractivity contribution in [3.8, 4) is 5.75 Å². The van der Waals surface area contributed by atoms with Crippen molar-refractivity contribution in [2.45, 2.75) is 6.92 Å². The summed E-state index contributed by atoms with van der Waals surface area (Å²) in [7, 11) is 1.53. The maximum Gasteiger partial charge on any atom is 0.257 e. The Morgan fingerprint density at radius 2 is 1.92 bits per heavy atom. The number of carbonyl (C=O) groups is 2. The molecule has 1 heterocycles. The van der Waals surface area contributed by atoms with Gasteiger partial charge in [-0.15, -0.1) is 6.58 Å². The summed E-state index contributed by atoms with van der Waals surface area (Å²) in [4.78, 5) is 28.3. The van der Waals surface area contributed by atoms with E-state index in [-0.39, 0.29) is 17.4 Å². The first-order valence-corrected chi connectivity index (χ1v) is 7.35. The molecule has 0 saturated carbocycles. The number of methoxy groups -OCH3 is 1. The number of carbonyl (C=O) groups excluding carboxylic acids is 2. The van der Waals surface area contributed by atoms with Crippen LogP contribution in [-0.2, 0) is 0 Å². The fourth-order valence-corrected chi connectivity index (χ4v) is 2.07. The molecule has 2 rings (SSSR count). The van der Waals surface area contributed by atoms with E-state index in [1.54, 1.807) is 12.1 Å². The number of pyridine rings is 1. The van der Waals surface area contributed by atoms with Gasteiger partial charge in [-0.2, -0.15) is 0 Å². The number of aryl methyl sites for hydroxylation is 1. The normalized spacial score (nSPS) is 9.92. The summed E-state index contributed by atoms with van der Waals surface area (Å²) in [5.41, 5.74) is 2.14. The molecule has 1 aromatic carbocycles. The summed E-state index contributed by atoms with van der Waals surface area (Å²) in [6.07, 6.45) is 4.39. The molecular weight excluding hydrogens is 306 g/mol. The van der Waals surface area contributed by atoms with E-state index in [1.165, 1.54) is 25.6 Å². The van der Waals surface area contributed by atoms with Crippen LogP contribution in [0, 0.1) is 6.92 Å². The maximum atomic E-state index is 12.4. The lowest BCUT2D eigenvalue weighted by atomic mass is 10.1. The molecule has 0 bridgehead atoms. The van der Waals surface area contributed by atoms with Gasteiger partial charge in [0, 0.05) is 18.9 Å². The van der Waals surface area contributed by atoms with Crippen molar-refractivity contribution in [3.05, 3.63) is 66.0 Å². The van der Waals surface area contributed by atoms with Crippen molar-refractivity contribution in [1.82, 2.24) is 10.3 Å². The van der Waals surface area contributed by atoms with Gasteiger partial charge in [0.2, 0.25) is 0 Å². The van der Waals surface area contributed by atoms with Crippen LogP contribution >= 0.6 is 0 Å². The summed E-state index contributed by atoms with van der Waals surface area (Å²) in [5.74, 6) is -0.128. The fourth-order valence-electron chi connectivity index (χ4n) is 2.07. The number of ether oxygens (including phenoxy) is 1. The first-order chi connectivity index (χ1) is 11.5. The number of amides is 2. The molecule has 2 N–H and O–H groups in total. The highest BCUT2D eigenvalue weighted by molar-refractivity contribution is 6.06. The summed E-state index contributed by atoms with van der Waals surface area (Å²) >= 11 is 0. The van der Waals surface area contributed by atoms with Crippen LogP contribution in [0.3, 0.4) is 0 Å². The second-order valence-corrected chi connectivity index (χ2v) is 5.12. The van der Waals surface area contributed by atoms with E-state index in [2.05, 4.69) is 22.2 Å². The first kappa shape index (κ1) is 17.2. The van der Waals surface area contributed by atoms with Crippen LogP contribution in [0.2, 0.25) is 0 Å².